The fourth-order valence-corrected chi connectivity index (χ4v) is 3.58. The zero-order valence-electron chi connectivity index (χ0n) is 10.4. The molecule has 1 aliphatic rings. The minimum Gasteiger partial charge on any atom is -0.495 e. The number of hydrogen-bond acceptors (Lipinski definition) is 4. The number of para-hydroxylation sites is 2. The van der Waals surface area contributed by atoms with Gasteiger partial charge in [-0.2, -0.15) is 0 Å². The molecule has 2 rings (SSSR count). The zero-order chi connectivity index (χ0) is 14.0. The second-order valence-electron chi connectivity index (χ2n) is 4.45. The topological polar surface area (TPSA) is 63.7 Å². The first-order valence-electron chi connectivity index (χ1n) is 5.76. The summed E-state index contributed by atoms with van der Waals surface area (Å²) in [6.45, 7) is 0.338. The lowest BCUT2D eigenvalue weighted by Gasteiger charge is -2.19. The van der Waals surface area contributed by atoms with Crippen molar-refractivity contribution in [1.82, 2.24) is 0 Å². The Bertz CT molecular complexity index is 587. The highest BCUT2D eigenvalue weighted by Crippen LogP contribution is 2.33. The summed E-state index contributed by atoms with van der Waals surface area (Å²) in [5.74, 6) is 0.00586. The number of amides is 1. The standard InChI is InChI=1S/C12H14ClNO4S/c1-18-11-5-3-2-4-10(11)14-7-9(6-12(14)15)8-19(13,16)17/h2-5,9H,6-8H2,1H3. The van der Waals surface area contributed by atoms with E-state index in [2.05, 4.69) is 0 Å². The molecule has 1 aromatic rings. The Morgan fingerprint density at radius 1 is 1.42 bits per heavy atom. The third-order valence-electron chi connectivity index (χ3n) is 3.02. The number of carbonyl (C=O) groups is 1. The number of halogens is 1. The predicted octanol–water partition coefficient (Wildman–Crippen LogP) is 1.62. The van der Waals surface area contributed by atoms with Crippen LogP contribution in [0, 0.1) is 5.92 Å². The maximum absolute atomic E-state index is 12.0. The average molecular weight is 304 g/mol. The molecule has 19 heavy (non-hydrogen) atoms. The third-order valence-corrected chi connectivity index (χ3v) is 4.26. The smallest absolute Gasteiger partial charge is 0.232 e. The molecule has 1 aliphatic heterocycles. The van der Waals surface area contributed by atoms with E-state index >= 15 is 0 Å². The number of methoxy groups -OCH3 is 1. The predicted molar refractivity (Wildman–Crippen MR) is 73.1 cm³/mol. The van der Waals surface area contributed by atoms with Crippen LogP contribution in [0.1, 0.15) is 6.42 Å². The maximum atomic E-state index is 12.0. The zero-order valence-corrected chi connectivity index (χ0v) is 11.9. The van der Waals surface area contributed by atoms with Crippen LogP contribution in [0.4, 0.5) is 5.69 Å². The quantitative estimate of drug-likeness (QED) is 0.793. The van der Waals surface area contributed by atoms with Gasteiger partial charge in [0.15, 0.2) is 0 Å². The molecule has 1 heterocycles. The van der Waals surface area contributed by atoms with Crippen LogP contribution in [0.3, 0.4) is 0 Å². The van der Waals surface area contributed by atoms with Crippen molar-refractivity contribution in [2.45, 2.75) is 6.42 Å². The molecule has 7 heteroatoms. The van der Waals surface area contributed by atoms with Gasteiger partial charge in [-0.05, 0) is 12.1 Å². The normalized spacial score (nSPS) is 19.8. The average Bonchev–Trinajstić information content (AvgIpc) is 2.67. The van der Waals surface area contributed by atoms with E-state index in [0.717, 1.165) is 0 Å². The summed E-state index contributed by atoms with van der Waals surface area (Å²) in [5.41, 5.74) is 0.657. The summed E-state index contributed by atoms with van der Waals surface area (Å²) >= 11 is 0. The Labute approximate surface area is 116 Å². The Morgan fingerprint density at radius 3 is 2.74 bits per heavy atom. The van der Waals surface area contributed by atoms with Crippen LogP contribution in [0.25, 0.3) is 0 Å². The van der Waals surface area contributed by atoms with Crippen LogP contribution in [0.15, 0.2) is 24.3 Å². The van der Waals surface area contributed by atoms with Gasteiger partial charge in [0.2, 0.25) is 15.0 Å². The fraction of sp³-hybridized carbons (Fsp3) is 0.417. The number of nitrogens with zero attached hydrogens (tertiary/aromatic N) is 1. The number of ether oxygens (including phenoxy) is 1. The van der Waals surface area contributed by atoms with Crippen molar-refractivity contribution >= 4 is 31.3 Å². The second kappa shape index (κ2) is 5.38. The van der Waals surface area contributed by atoms with E-state index in [1.54, 1.807) is 23.1 Å². The van der Waals surface area contributed by atoms with Gasteiger partial charge in [0.25, 0.3) is 0 Å². The van der Waals surface area contributed by atoms with Crippen LogP contribution in [0.5, 0.6) is 5.75 Å². The van der Waals surface area contributed by atoms with Crippen LogP contribution in [-0.2, 0) is 13.8 Å². The molecule has 0 aromatic heterocycles. The minimum absolute atomic E-state index is 0.116. The van der Waals surface area contributed by atoms with Gasteiger partial charge >= 0.3 is 0 Å². The Balaban J connectivity index is 2.20. The van der Waals surface area contributed by atoms with Gasteiger partial charge < -0.3 is 9.64 Å². The number of anilines is 1. The first kappa shape index (κ1) is 14.1. The molecule has 0 bridgehead atoms. The summed E-state index contributed by atoms with van der Waals surface area (Å²) in [6, 6.07) is 7.14. The molecule has 1 saturated heterocycles. The lowest BCUT2D eigenvalue weighted by Crippen LogP contribution is -2.25. The van der Waals surface area contributed by atoms with E-state index in [1.807, 2.05) is 6.07 Å². The van der Waals surface area contributed by atoms with Crippen molar-refractivity contribution < 1.29 is 17.9 Å². The fourth-order valence-electron chi connectivity index (χ4n) is 2.26. The lowest BCUT2D eigenvalue weighted by atomic mass is 10.1. The molecule has 0 radical (unpaired) electrons. The molecular formula is C12H14ClNO4S. The molecule has 0 spiro atoms. The largest absolute Gasteiger partial charge is 0.495 e. The van der Waals surface area contributed by atoms with E-state index in [4.69, 9.17) is 15.4 Å². The van der Waals surface area contributed by atoms with E-state index in [0.29, 0.717) is 18.0 Å². The molecule has 0 N–H and O–H groups in total. The molecule has 5 nitrogen and oxygen atoms in total. The van der Waals surface area contributed by atoms with Gasteiger partial charge in [0.1, 0.15) is 5.75 Å². The number of carbonyl (C=O) groups excluding carboxylic acids is 1. The lowest BCUT2D eigenvalue weighted by molar-refractivity contribution is -0.117. The van der Waals surface area contributed by atoms with Gasteiger partial charge in [0, 0.05) is 29.6 Å². The van der Waals surface area contributed by atoms with Crippen LogP contribution in [-0.4, -0.2) is 33.7 Å². The van der Waals surface area contributed by atoms with E-state index < -0.39 is 9.05 Å². The Morgan fingerprint density at radius 2 is 2.11 bits per heavy atom. The Hall–Kier alpha value is -1.27. The highest BCUT2D eigenvalue weighted by Gasteiger charge is 2.34. The molecule has 104 valence electrons. The monoisotopic (exact) mass is 303 g/mol. The SMILES string of the molecule is COc1ccccc1N1CC(CS(=O)(=O)Cl)CC1=O. The van der Waals surface area contributed by atoms with Gasteiger partial charge in [-0.25, -0.2) is 8.42 Å². The van der Waals surface area contributed by atoms with Crippen molar-refractivity contribution in [3.63, 3.8) is 0 Å². The van der Waals surface area contributed by atoms with Crippen molar-refractivity contribution in [1.29, 1.82) is 0 Å². The van der Waals surface area contributed by atoms with Crippen molar-refractivity contribution in [2.24, 2.45) is 5.92 Å². The number of benzene rings is 1. The summed E-state index contributed by atoms with van der Waals surface area (Å²) < 4.78 is 27.3. The molecule has 0 saturated carbocycles. The summed E-state index contributed by atoms with van der Waals surface area (Å²) in [4.78, 5) is 13.5. The molecule has 1 atom stereocenters. The van der Waals surface area contributed by atoms with E-state index in [-0.39, 0.29) is 24.0 Å². The van der Waals surface area contributed by atoms with Crippen molar-refractivity contribution in [3.05, 3.63) is 24.3 Å². The van der Waals surface area contributed by atoms with E-state index in [1.165, 1.54) is 7.11 Å². The molecule has 1 unspecified atom stereocenters. The highest BCUT2D eigenvalue weighted by molar-refractivity contribution is 8.13. The van der Waals surface area contributed by atoms with Crippen LogP contribution >= 0.6 is 10.7 Å². The molecule has 0 aliphatic carbocycles. The maximum Gasteiger partial charge on any atom is 0.232 e. The molecular weight excluding hydrogens is 290 g/mol. The highest BCUT2D eigenvalue weighted by atomic mass is 35.7. The number of rotatable bonds is 4. The van der Waals surface area contributed by atoms with Gasteiger partial charge in [0.05, 0.1) is 18.6 Å². The van der Waals surface area contributed by atoms with Gasteiger partial charge in [-0.1, -0.05) is 12.1 Å². The van der Waals surface area contributed by atoms with Crippen LogP contribution in [0.2, 0.25) is 0 Å². The first-order valence-corrected chi connectivity index (χ1v) is 8.24. The molecule has 1 amide bonds. The van der Waals surface area contributed by atoms with Crippen molar-refractivity contribution in [2.75, 3.05) is 24.3 Å². The van der Waals surface area contributed by atoms with E-state index in [9.17, 15) is 13.2 Å². The second-order valence-corrected chi connectivity index (χ2v) is 7.27. The third kappa shape index (κ3) is 3.39. The minimum atomic E-state index is -3.59. The summed E-state index contributed by atoms with van der Waals surface area (Å²) in [5, 5.41) is 0. The summed E-state index contributed by atoms with van der Waals surface area (Å²) in [6.07, 6.45) is 0.185. The van der Waals surface area contributed by atoms with Gasteiger partial charge in [-0.3, -0.25) is 4.79 Å². The first-order chi connectivity index (χ1) is 8.90. The Kier molecular flexibility index (Phi) is 4.01. The van der Waals surface area contributed by atoms with Crippen LogP contribution < -0.4 is 9.64 Å². The summed E-state index contributed by atoms with van der Waals surface area (Å²) in [7, 11) is 3.17. The molecule has 1 aromatic carbocycles. The number of hydrogen-bond donors (Lipinski definition) is 0. The van der Waals surface area contributed by atoms with Gasteiger partial charge in [-0.15, -0.1) is 0 Å². The van der Waals surface area contributed by atoms with Crippen molar-refractivity contribution in [3.8, 4) is 5.75 Å². The molecule has 1 fully saturated rings.